The topological polar surface area (TPSA) is 24.5 Å². The molecule has 2 aliphatic heterocycles. The Labute approximate surface area is 124 Å². The summed E-state index contributed by atoms with van der Waals surface area (Å²) < 4.78 is 5.87. The van der Waals surface area contributed by atoms with E-state index in [4.69, 9.17) is 4.74 Å². The van der Waals surface area contributed by atoms with E-state index in [1.54, 1.807) is 0 Å². The van der Waals surface area contributed by atoms with Crippen LogP contribution in [0.15, 0.2) is 0 Å². The van der Waals surface area contributed by atoms with Gasteiger partial charge in [0.2, 0.25) is 0 Å². The molecular weight excluding hydrogens is 248 g/mol. The predicted molar refractivity (Wildman–Crippen MR) is 83.0 cm³/mol. The summed E-state index contributed by atoms with van der Waals surface area (Å²) in [6.45, 7) is 8.96. The molecule has 0 amide bonds. The Morgan fingerprint density at radius 1 is 1.20 bits per heavy atom. The van der Waals surface area contributed by atoms with Crippen molar-refractivity contribution in [2.75, 3.05) is 39.4 Å². The van der Waals surface area contributed by atoms with E-state index >= 15 is 0 Å². The number of nitrogens with zero attached hydrogens (tertiary/aromatic N) is 1. The fourth-order valence-electron chi connectivity index (χ4n) is 4.80. The van der Waals surface area contributed by atoms with Crippen LogP contribution in [-0.4, -0.2) is 50.3 Å². The highest BCUT2D eigenvalue weighted by Crippen LogP contribution is 2.39. The molecule has 3 heteroatoms. The summed E-state index contributed by atoms with van der Waals surface area (Å²) >= 11 is 0. The number of fused-ring (bicyclic) bond motifs is 1. The Hall–Kier alpha value is -0.120. The average molecular weight is 280 g/mol. The summed E-state index contributed by atoms with van der Waals surface area (Å²) in [6, 6.07) is 0.893. The van der Waals surface area contributed by atoms with E-state index in [0.29, 0.717) is 5.41 Å². The van der Waals surface area contributed by atoms with Crippen molar-refractivity contribution in [3.05, 3.63) is 0 Å². The van der Waals surface area contributed by atoms with Crippen LogP contribution >= 0.6 is 0 Å². The third-order valence-electron chi connectivity index (χ3n) is 5.80. The summed E-state index contributed by atoms with van der Waals surface area (Å²) in [4.78, 5) is 2.84. The molecule has 2 saturated heterocycles. The Bertz CT molecular complexity index is 301. The first-order valence-electron chi connectivity index (χ1n) is 8.85. The molecule has 0 radical (unpaired) electrons. The molecule has 3 fully saturated rings. The second-order valence-corrected chi connectivity index (χ2v) is 7.31. The van der Waals surface area contributed by atoms with Crippen LogP contribution in [0.4, 0.5) is 0 Å². The second-order valence-electron chi connectivity index (χ2n) is 7.31. The molecule has 3 aliphatic rings. The molecule has 1 aliphatic carbocycles. The van der Waals surface area contributed by atoms with Gasteiger partial charge in [0.1, 0.15) is 0 Å². The van der Waals surface area contributed by atoms with Crippen LogP contribution in [0.3, 0.4) is 0 Å². The molecule has 116 valence electrons. The predicted octanol–water partition coefficient (Wildman–Crippen LogP) is 2.66. The zero-order valence-electron chi connectivity index (χ0n) is 13.2. The van der Waals surface area contributed by atoms with Crippen LogP contribution in [0.2, 0.25) is 0 Å². The molecule has 3 unspecified atom stereocenters. The molecule has 3 rings (SSSR count). The number of ether oxygens (including phenoxy) is 1. The van der Waals surface area contributed by atoms with Crippen molar-refractivity contribution in [1.29, 1.82) is 0 Å². The zero-order chi connectivity index (χ0) is 13.8. The van der Waals surface area contributed by atoms with Crippen LogP contribution in [0.1, 0.15) is 51.9 Å². The highest BCUT2D eigenvalue weighted by Gasteiger charge is 2.40. The lowest BCUT2D eigenvalue weighted by molar-refractivity contribution is -0.0413. The highest BCUT2D eigenvalue weighted by molar-refractivity contribution is 4.94. The normalized spacial score (nSPS) is 38.9. The molecule has 0 aromatic rings. The number of nitrogens with one attached hydrogen (secondary N) is 1. The maximum atomic E-state index is 5.87. The van der Waals surface area contributed by atoms with Crippen LogP contribution in [0.5, 0.6) is 0 Å². The summed E-state index contributed by atoms with van der Waals surface area (Å²) in [5, 5.41) is 3.60. The second kappa shape index (κ2) is 6.76. The lowest BCUT2D eigenvalue weighted by Crippen LogP contribution is -2.53. The number of hydrogen-bond donors (Lipinski definition) is 1. The van der Waals surface area contributed by atoms with Gasteiger partial charge in [-0.3, -0.25) is 4.90 Å². The minimum Gasteiger partial charge on any atom is -0.381 e. The average Bonchev–Trinajstić information content (AvgIpc) is 2.96. The fourth-order valence-corrected chi connectivity index (χ4v) is 4.80. The van der Waals surface area contributed by atoms with Crippen LogP contribution in [-0.2, 0) is 4.74 Å². The van der Waals surface area contributed by atoms with Gasteiger partial charge in [-0.25, -0.2) is 0 Å². The molecule has 3 nitrogen and oxygen atoms in total. The van der Waals surface area contributed by atoms with E-state index in [-0.39, 0.29) is 0 Å². The van der Waals surface area contributed by atoms with E-state index < -0.39 is 0 Å². The molecule has 3 atom stereocenters. The van der Waals surface area contributed by atoms with Gasteiger partial charge in [-0.2, -0.15) is 0 Å². The van der Waals surface area contributed by atoms with Gasteiger partial charge in [-0.1, -0.05) is 13.3 Å². The molecule has 1 N–H and O–H groups in total. The van der Waals surface area contributed by atoms with Gasteiger partial charge in [0.05, 0.1) is 6.61 Å². The van der Waals surface area contributed by atoms with Gasteiger partial charge in [0.15, 0.2) is 0 Å². The molecule has 0 aromatic carbocycles. The first kappa shape index (κ1) is 14.8. The van der Waals surface area contributed by atoms with Crippen molar-refractivity contribution in [3.63, 3.8) is 0 Å². The highest BCUT2D eigenvalue weighted by atomic mass is 16.5. The van der Waals surface area contributed by atoms with Crippen LogP contribution < -0.4 is 5.32 Å². The smallest absolute Gasteiger partial charge is 0.0546 e. The van der Waals surface area contributed by atoms with Gasteiger partial charge in [0, 0.05) is 31.2 Å². The third-order valence-corrected chi connectivity index (χ3v) is 5.80. The van der Waals surface area contributed by atoms with Gasteiger partial charge in [-0.05, 0) is 57.5 Å². The Morgan fingerprint density at radius 3 is 2.90 bits per heavy atom. The lowest BCUT2D eigenvalue weighted by atomic mass is 9.80. The van der Waals surface area contributed by atoms with Crippen molar-refractivity contribution in [2.45, 2.75) is 57.9 Å². The Balaban J connectivity index is 1.65. The van der Waals surface area contributed by atoms with E-state index in [9.17, 15) is 0 Å². The zero-order valence-corrected chi connectivity index (χ0v) is 13.2. The number of hydrogen-bond acceptors (Lipinski definition) is 3. The molecule has 1 saturated carbocycles. The summed E-state index contributed by atoms with van der Waals surface area (Å²) in [6.07, 6.45) is 9.88. The monoisotopic (exact) mass is 280 g/mol. The van der Waals surface area contributed by atoms with E-state index in [1.807, 2.05) is 0 Å². The molecule has 2 heterocycles. The molecule has 20 heavy (non-hydrogen) atoms. The van der Waals surface area contributed by atoms with Crippen LogP contribution in [0, 0.1) is 11.3 Å². The van der Waals surface area contributed by atoms with Crippen molar-refractivity contribution >= 4 is 0 Å². The van der Waals surface area contributed by atoms with Gasteiger partial charge >= 0.3 is 0 Å². The minimum atomic E-state index is 0.374. The van der Waals surface area contributed by atoms with Crippen molar-refractivity contribution < 1.29 is 4.74 Å². The molecular formula is C17H32N2O. The maximum absolute atomic E-state index is 5.87. The maximum Gasteiger partial charge on any atom is 0.0546 e. The first-order chi connectivity index (χ1) is 9.83. The first-order valence-corrected chi connectivity index (χ1v) is 8.85. The summed E-state index contributed by atoms with van der Waals surface area (Å²) in [5.74, 6) is 1.00. The molecule has 0 bridgehead atoms. The van der Waals surface area contributed by atoms with Crippen molar-refractivity contribution in [3.8, 4) is 0 Å². The van der Waals surface area contributed by atoms with Crippen molar-refractivity contribution in [1.82, 2.24) is 10.2 Å². The van der Waals surface area contributed by atoms with Gasteiger partial charge in [-0.15, -0.1) is 0 Å². The third kappa shape index (κ3) is 3.20. The van der Waals surface area contributed by atoms with Crippen molar-refractivity contribution in [2.24, 2.45) is 11.3 Å². The molecule has 0 spiro atoms. The SMILES string of the molecule is CCNCC1(CN2CCCC3CCCC32)CCCOC1. The summed E-state index contributed by atoms with van der Waals surface area (Å²) in [5.41, 5.74) is 0.374. The van der Waals surface area contributed by atoms with Gasteiger partial charge in [0.25, 0.3) is 0 Å². The van der Waals surface area contributed by atoms with E-state index in [2.05, 4.69) is 17.1 Å². The largest absolute Gasteiger partial charge is 0.381 e. The van der Waals surface area contributed by atoms with Gasteiger partial charge < -0.3 is 10.1 Å². The lowest BCUT2D eigenvalue weighted by Gasteiger charge is -2.46. The quantitative estimate of drug-likeness (QED) is 0.838. The Morgan fingerprint density at radius 2 is 2.10 bits per heavy atom. The van der Waals surface area contributed by atoms with E-state index in [0.717, 1.165) is 38.3 Å². The molecule has 0 aromatic heterocycles. The number of likely N-dealkylation sites (tertiary alicyclic amines) is 1. The summed E-state index contributed by atoms with van der Waals surface area (Å²) in [7, 11) is 0. The minimum absolute atomic E-state index is 0.374. The Kier molecular flexibility index (Phi) is 5.00. The number of piperidine rings is 1. The van der Waals surface area contributed by atoms with E-state index in [1.165, 1.54) is 58.0 Å². The van der Waals surface area contributed by atoms with Crippen LogP contribution in [0.25, 0.3) is 0 Å². The fraction of sp³-hybridized carbons (Fsp3) is 1.00. The number of rotatable bonds is 5. The standard InChI is InChI=1S/C17H32N2O/c1-2-18-12-17(9-5-11-20-14-17)13-19-10-4-7-15-6-3-8-16(15)19/h15-16,18H,2-14H2,1H3.